The maximum atomic E-state index is 12.6. The molecule has 3 fully saturated rings. The number of nitrogens with zero attached hydrogens (tertiary/aromatic N) is 1. The zero-order valence-electron chi connectivity index (χ0n) is 14.6. The van der Waals surface area contributed by atoms with E-state index in [4.69, 9.17) is 4.42 Å². The van der Waals surface area contributed by atoms with E-state index in [2.05, 4.69) is 22.5 Å². The maximum Gasteiger partial charge on any atom is 0.287 e. The topological polar surface area (TPSA) is 57.5 Å². The van der Waals surface area contributed by atoms with Crippen molar-refractivity contribution in [3.63, 3.8) is 0 Å². The van der Waals surface area contributed by atoms with Crippen molar-refractivity contribution in [2.75, 3.05) is 31.5 Å². The number of amides is 1. The molecule has 3 aliphatic heterocycles. The van der Waals surface area contributed by atoms with Gasteiger partial charge in [-0.05, 0) is 63.0 Å². The smallest absolute Gasteiger partial charge is 0.287 e. The van der Waals surface area contributed by atoms with Crippen molar-refractivity contribution in [1.29, 1.82) is 0 Å². The van der Waals surface area contributed by atoms with Gasteiger partial charge in [-0.15, -0.1) is 0 Å². The first-order chi connectivity index (χ1) is 12.2. The highest BCUT2D eigenvalue weighted by Crippen LogP contribution is 2.30. The molecule has 5 heteroatoms. The van der Waals surface area contributed by atoms with Gasteiger partial charge in [0.1, 0.15) is 5.76 Å². The van der Waals surface area contributed by atoms with Crippen LogP contribution < -0.4 is 10.6 Å². The molecule has 5 rings (SSSR count). The first-order valence-corrected chi connectivity index (χ1v) is 9.21. The number of furan rings is 1. The number of carbonyl (C=O) groups excluding carboxylic acids is 1. The Kier molecular flexibility index (Phi) is 4.49. The minimum atomic E-state index is -0.106. The van der Waals surface area contributed by atoms with Crippen LogP contribution in [0.25, 0.3) is 11.3 Å². The van der Waals surface area contributed by atoms with E-state index in [9.17, 15) is 4.79 Å². The third-order valence-electron chi connectivity index (χ3n) is 5.36. The van der Waals surface area contributed by atoms with Crippen molar-refractivity contribution < 1.29 is 9.21 Å². The Labute approximate surface area is 148 Å². The molecule has 0 spiro atoms. The zero-order valence-corrected chi connectivity index (χ0v) is 14.6. The SMILES string of the molecule is CCNc1ccccc1-c1ccc(C(=O)N[C@H]2CN3CCC2CC3)o1. The fourth-order valence-corrected chi connectivity index (χ4v) is 4.02. The molecule has 2 N–H and O–H groups in total. The Bertz CT molecular complexity index is 747. The van der Waals surface area contributed by atoms with Crippen molar-refractivity contribution in [1.82, 2.24) is 10.2 Å². The average molecular weight is 339 g/mol. The highest BCUT2D eigenvalue weighted by atomic mass is 16.3. The number of carbonyl (C=O) groups is 1. The summed E-state index contributed by atoms with van der Waals surface area (Å²) in [5.41, 5.74) is 2.00. The first-order valence-electron chi connectivity index (χ1n) is 9.21. The van der Waals surface area contributed by atoms with E-state index in [0.717, 1.165) is 30.1 Å². The second-order valence-electron chi connectivity index (χ2n) is 6.96. The number of hydrogen-bond acceptors (Lipinski definition) is 4. The Morgan fingerprint density at radius 3 is 2.72 bits per heavy atom. The average Bonchev–Trinajstić information content (AvgIpc) is 3.14. The van der Waals surface area contributed by atoms with Crippen LogP contribution in [-0.4, -0.2) is 43.0 Å². The van der Waals surface area contributed by atoms with Crippen LogP contribution in [0, 0.1) is 5.92 Å². The molecule has 2 bridgehead atoms. The van der Waals surface area contributed by atoms with E-state index in [0.29, 0.717) is 11.7 Å². The molecule has 5 nitrogen and oxygen atoms in total. The summed E-state index contributed by atoms with van der Waals surface area (Å²) >= 11 is 0. The Morgan fingerprint density at radius 1 is 1.20 bits per heavy atom. The summed E-state index contributed by atoms with van der Waals surface area (Å²) in [7, 11) is 0. The lowest BCUT2D eigenvalue weighted by Crippen LogP contribution is -2.57. The molecule has 1 aromatic carbocycles. The summed E-state index contributed by atoms with van der Waals surface area (Å²) in [6.07, 6.45) is 2.37. The lowest BCUT2D eigenvalue weighted by Gasteiger charge is -2.44. The van der Waals surface area contributed by atoms with Gasteiger partial charge in [-0.2, -0.15) is 0 Å². The van der Waals surface area contributed by atoms with Gasteiger partial charge < -0.3 is 20.0 Å². The fraction of sp³-hybridized carbons (Fsp3) is 0.450. The molecule has 0 unspecified atom stereocenters. The number of rotatable bonds is 5. The highest BCUT2D eigenvalue weighted by Gasteiger charge is 2.35. The van der Waals surface area contributed by atoms with Gasteiger partial charge in [-0.25, -0.2) is 0 Å². The van der Waals surface area contributed by atoms with Crippen LogP contribution in [0.5, 0.6) is 0 Å². The molecule has 25 heavy (non-hydrogen) atoms. The predicted molar refractivity (Wildman–Crippen MR) is 98.7 cm³/mol. The molecule has 1 atom stereocenters. The third-order valence-corrected chi connectivity index (χ3v) is 5.36. The van der Waals surface area contributed by atoms with E-state index in [-0.39, 0.29) is 11.9 Å². The van der Waals surface area contributed by atoms with E-state index >= 15 is 0 Å². The van der Waals surface area contributed by atoms with E-state index in [1.54, 1.807) is 6.07 Å². The second kappa shape index (κ2) is 6.92. The van der Waals surface area contributed by atoms with Crippen LogP contribution in [0.4, 0.5) is 5.69 Å². The predicted octanol–water partition coefficient (Wildman–Crippen LogP) is 3.20. The van der Waals surface area contributed by atoms with Crippen molar-refractivity contribution in [2.24, 2.45) is 5.92 Å². The van der Waals surface area contributed by atoms with Crippen LogP contribution in [0.1, 0.15) is 30.3 Å². The van der Waals surface area contributed by atoms with Crippen LogP contribution >= 0.6 is 0 Å². The number of anilines is 1. The number of para-hydroxylation sites is 1. The number of piperidine rings is 3. The molecule has 1 amide bonds. The Morgan fingerprint density at radius 2 is 2.00 bits per heavy atom. The molecule has 132 valence electrons. The standard InChI is InChI=1S/C20H25N3O2/c1-2-21-16-6-4-3-5-15(16)18-7-8-19(25-18)20(24)22-17-13-23-11-9-14(17)10-12-23/h3-8,14,17,21H,2,9-13H2,1H3,(H,22,24)/t17-/m0/s1. The quantitative estimate of drug-likeness (QED) is 0.878. The molecule has 4 heterocycles. The van der Waals surface area contributed by atoms with Crippen LogP contribution in [0.2, 0.25) is 0 Å². The molecular weight excluding hydrogens is 314 g/mol. The zero-order chi connectivity index (χ0) is 17.2. The van der Waals surface area contributed by atoms with Crippen molar-refractivity contribution >= 4 is 11.6 Å². The number of benzene rings is 1. The van der Waals surface area contributed by atoms with Gasteiger partial charge in [-0.1, -0.05) is 12.1 Å². The molecule has 0 radical (unpaired) electrons. The molecular formula is C20H25N3O2. The minimum Gasteiger partial charge on any atom is -0.451 e. The van der Waals surface area contributed by atoms with Crippen LogP contribution in [-0.2, 0) is 0 Å². The Hall–Kier alpha value is -2.27. The second-order valence-corrected chi connectivity index (χ2v) is 6.96. The summed E-state index contributed by atoms with van der Waals surface area (Å²) in [6, 6.07) is 11.9. The van der Waals surface area contributed by atoms with Gasteiger partial charge >= 0.3 is 0 Å². The van der Waals surface area contributed by atoms with Gasteiger partial charge in [0.15, 0.2) is 5.76 Å². The Balaban J connectivity index is 1.48. The molecule has 2 aromatic rings. The summed E-state index contributed by atoms with van der Waals surface area (Å²) in [6.45, 7) is 6.20. The molecule has 3 aliphatic rings. The van der Waals surface area contributed by atoms with E-state index in [1.807, 2.05) is 30.3 Å². The lowest BCUT2D eigenvalue weighted by molar-refractivity contribution is 0.0606. The van der Waals surface area contributed by atoms with Crippen LogP contribution in [0.15, 0.2) is 40.8 Å². The van der Waals surface area contributed by atoms with Crippen molar-refractivity contribution in [2.45, 2.75) is 25.8 Å². The van der Waals surface area contributed by atoms with Gasteiger partial charge in [0, 0.05) is 30.4 Å². The van der Waals surface area contributed by atoms with Gasteiger partial charge in [0.05, 0.1) is 0 Å². The fourth-order valence-electron chi connectivity index (χ4n) is 4.02. The number of nitrogens with one attached hydrogen (secondary N) is 2. The minimum absolute atomic E-state index is 0.106. The largest absolute Gasteiger partial charge is 0.451 e. The van der Waals surface area contributed by atoms with E-state index in [1.165, 1.54) is 25.9 Å². The van der Waals surface area contributed by atoms with Gasteiger partial charge in [0.25, 0.3) is 5.91 Å². The molecule has 0 saturated carbocycles. The summed E-state index contributed by atoms with van der Waals surface area (Å²) < 4.78 is 5.87. The summed E-state index contributed by atoms with van der Waals surface area (Å²) in [4.78, 5) is 15.0. The lowest BCUT2D eigenvalue weighted by atomic mass is 9.84. The number of hydrogen-bond donors (Lipinski definition) is 2. The normalized spacial score (nSPS) is 24.9. The third kappa shape index (κ3) is 3.29. The molecule has 3 saturated heterocycles. The van der Waals surface area contributed by atoms with Gasteiger partial charge in [0.2, 0.25) is 0 Å². The molecule has 1 aromatic heterocycles. The maximum absolute atomic E-state index is 12.6. The number of fused-ring (bicyclic) bond motifs is 3. The van der Waals surface area contributed by atoms with Crippen molar-refractivity contribution in [3.05, 3.63) is 42.2 Å². The highest BCUT2D eigenvalue weighted by molar-refractivity contribution is 5.92. The summed E-state index contributed by atoms with van der Waals surface area (Å²) in [5.74, 6) is 1.61. The summed E-state index contributed by atoms with van der Waals surface area (Å²) in [5, 5.41) is 6.51. The molecule has 0 aliphatic carbocycles. The van der Waals surface area contributed by atoms with Crippen LogP contribution in [0.3, 0.4) is 0 Å². The monoisotopic (exact) mass is 339 g/mol. The van der Waals surface area contributed by atoms with E-state index < -0.39 is 0 Å². The first kappa shape index (κ1) is 16.2. The van der Waals surface area contributed by atoms with Crippen molar-refractivity contribution in [3.8, 4) is 11.3 Å². The van der Waals surface area contributed by atoms with Gasteiger partial charge in [-0.3, -0.25) is 4.79 Å².